The highest BCUT2D eigenvalue weighted by Gasteiger charge is 2.26. The molecule has 10 nitrogen and oxygen atoms in total. The number of hydrogen-bond donors (Lipinski definition) is 4. The Kier molecular flexibility index (Phi) is 9.30. The third-order valence-corrected chi connectivity index (χ3v) is 3.93. The zero-order chi connectivity index (χ0) is 24.6. The van der Waals surface area contributed by atoms with Crippen molar-refractivity contribution in [2.24, 2.45) is 5.92 Å². The van der Waals surface area contributed by atoms with Crippen molar-refractivity contribution in [1.82, 2.24) is 20.9 Å². The van der Waals surface area contributed by atoms with Crippen LogP contribution in [0.25, 0.3) is 0 Å². The molecule has 0 saturated heterocycles. The number of halogens is 1. The number of carbonyl (C=O) groups excluding carboxylic acids is 3. The fraction of sp³-hybridized carbons (Fsp3) is 0.476. The Balaban J connectivity index is 2.90. The molecule has 0 fully saturated rings. The van der Waals surface area contributed by atoms with Gasteiger partial charge in [0.2, 0.25) is 0 Å². The first-order chi connectivity index (χ1) is 14.7. The number of alkyl carbamates (subject to hydrolysis) is 1. The lowest BCUT2D eigenvalue weighted by Gasteiger charge is -2.19. The van der Waals surface area contributed by atoms with Gasteiger partial charge in [0.15, 0.2) is 11.5 Å². The Morgan fingerprint density at radius 2 is 1.84 bits per heavy atom. The summed E-state index contributed by atoms with van der Waals surface area (Å²) in [5.41, 5.74) is -1.39. The molecule has 11 heteroatoms. The molecule has 0 bridgehead atoms. The van der Waals surface area contributed by atoms with Crippen LogP contribution in [0, 0.1) is 11.7 Å². The number of hydrogen-bond acceptors (Lipinski definition) is 6. The molecular weight excluding hydrogens is 423 g/mol. The number of nitrogens with zero attached hydrogens (tertiary/aromatic N) is 1. The minimum absolute atomic E-state index is 0.124. The van der Waals surface area contributed by atoms with Gasteiger partial charge in [-0.3, -0.25) is 9.59 Å². The molecule has 0 unspecified atom stereocenters. The number of pyridine rings is 1. The number of amides is 3. The molecule has 1 rings (SSSR count). The molecule has 4 N–H and O–H groups in total. The Hall–Kier alpha value is -3.50. The Morgan fingerprint density at radius 3 is 2.34 bits per heavy atom. The number of carbonyl (C=O) groups is 4. The summed E-state index contributed by atoms with van der Waals surface area (Å²) in [7, 11) is 0. The number of aromatic nitrogens is 1. The van der Waals surface area contributed by atoms with E-state index in [0.717, 1.165) is 6.07 Å². The quantitative estimate of drug-likeness (QED) is 0.442. The van der Waals surface area contributed by atoms with Gasteiger partial charge in [-0.25, -0.2) is 19.0 Å². The second kappa shape index (κ2) is 11.2. The van der Waals surface area contributed by atoms with Gasteiger partial charge in [-0.2, -0.15) is 0 Å². The third kappa shape index (κ3) is 8.32. The highest BCUT2D eigenvalue weighted by atomic mass is 19.1. The topological polar surface area (TPSA) is 147 Å². The van der Waals surface area contributed by atoms with E-state index in [1.54, 1.807) is 34.6 Å². The van der Waals surface area contributed by atoms with E-state index in [-0.39, 0.29) is 17.9 Å². The Morgan fingerprint density at radius 1 is 1.22 bits per heavy atom. The first kappa shape index (κ1) is 26.5. The molecule has 0 aliphatic carbocycles. The smallest absolute Gasteiger partial charge is 0.407 e. The van der Waals surface area contributed by atoms with Gasteiger partial charge in [-0.15, -0.1) is 0 Å². The van der Waals surface area contributed by atoms with Crippen LogP contribution in [0.2, 0.25) is 0 Å². The van der Waals surface area contributed by atoms with Crippen molar-refractivity contribution in [1.29, 1.82) is 0 Å². The summed E-state index contributed by atoms with van der Waals surface area (Å²) >= 11 is 0. The van der Waals surface area contributed by atoms with Gasteiger partial charge in [0.1, 0.15) is 17.3 Å². The van der Waals surface area contributed by atoms with Crippen LogP contribution in [0.1, 0.15) is 57.7 Å². The molecule has 0 aliphatic rings. The van der Waals surface area contributed by atoms with Crippen LogP contribution in [-0.2, 0) is 20.9 Å². The average molecular weight is 452 g/mol. The number of carboxylic acid groups (broad SMARTS) is 1. The Bertz CT molecular complexity index is 908. The van der Waals surface area contributed by atoms with Gasteiger partial charge in [0.05, 0.1) is 12.2 Å². The summed E-state index contributed by atoms with van der Waals surface area (Å²) in [6, 6.07) is 1.11. The minimum Gasteiger partial charge on any atom is -0.480 e. The second-order valence-corrected chi connectivity index (χ2v) is 8.18. The van der Waals surface area contributed by atoms with E-state index in [4.69, 9.17) is 4.74 Å². The van der Waals surface area contributed by atoms with Crippen molar-refractivity contribution < 1.29 is 33.4 Å². The molecule has 0 aromatic carbocycles. The number of allylic oxidation sites excluding steroid dienone is 1. The van der Waals surface area contributed by atoms with Crippen molar-refractivity contribution in [2.75, 3.05) is 0 Å². The summed E-state index contributed by atoms with van der Waals surface area (Å²) in [5, 5.41) is 16.2. The third-order valence-electron chi connectivity index (χ3n) is 3.93. The molecule has 0 saturated carbocycles. The lowest BCUT2D eigenvalue weighted by molar-refractivity contribution is -0.142. The summed E-state index contributed by atoms with van der Waals surface area (Å²) in [6.07, 6.45) is 0.541. The van der Waals surface area contributed by atoms with E-state index in [9.17, 15) is 28.7 Å². The molecular formula is C21H29FN4O6. The number of ether oxygens (including phenoxy) is 1. The highest BCUT2D eigenvalue weighted by molar-refractivity contribution is 6.03. The molecule has 1 aromatic heterocycles. The summed E-state index contributed by atoms with van der Waals surface area (Å²) < 4.78 is 19.3. The zero-order valence-electron chi connectivity index (χ0n) is 18.9. The minimum atomic E-state index is -1.23. The van der Waals surface area contributed by atoms with Crippen LogP contribution in [0.3, 0.4) is 0 Å². The molecule has 32 heavy (non-hydrogen) atoms. The number of aliphatic carboxylic acids is 1. The zero-order valence-corrected chi connectivity index (χ0v) is 18.9. The maximum absolute atomic E-state index is 14.2. The maximum atomic E-state index is 14.2. The maximum Gasteiger partial charge on any atom is 0.407 e. The molecule has 1 aromatic rings. The van der Waals surface area contributed by atoms with Gasteiger partial charge in [-0.05, 0) is 45.7 Å². The van der Waals surface area contributed by atoms with Crippen molar-refractivity contribution in [3.8, 4) is 0 Å². The largest absolute Gasteiger partial charge is 0.480 e. The summed E-state index contributed by atoms with van der Waals surface area (Å²) in [5.74, 6) is -4.43. The highest BCUT2D eigenvalue weighted by Crippen LogP contribution is 2.10. The normalized spacial score (nSPS) is 12.7. The van der Waals surface area contributed by atoms with Crippen LogP contribution in [0.5, 0.6) is 0 Å². The summed E-state index contributed by atoms with van der Waals surface area (Å²) in [6.45, 7) is 9.64. The molecule has 0 aliphatic heterocycles. The molecule has 1 heterocycles. The van der Waals surface area contributed by atoms with E-state index < -0.39 is 52.9 Å². The Labute approximate surface area is 185 Å². The second-order valence-electron chi connectivity index (χ2n) is 8.18. The van der Waals surface area contributed by atoms with Crippen molar-refractivity contribution in [3.05, 3.63) is 41.1 Å². The van der Waals surface area contributed by atoms with E-state index in [1.807, 2.05) is 0 Å². The number of rotatable bonds is 8. The molecule has 0 spiro atoms. The average Bonchev–Trinajstić information content (AvgIpc) is 2.67. The standard InChI is InChI=1S/C21H29FN4O6/c1-7-14(17(27)26-15(11(2)3)19(29)30)25-18(28)16-13(22)9-8-12(24-16)10-23-20(31)32-21(4,5)6/h7-9,11,15H,10H2,1-6H3,(H,23,31)(H,25,28)(H,26,27)(H,29,30)/b14-7-/t15-/m0/s1. The molecule has 0 radical (unpaired) electrons. The number of carboxylic acids is 1. The van der Waals surface area contributed by atoms with Crippen LogP contribution in [-0.4, -0.2) is 45.6 Å². The lowest BCUT2D eigenvalue weighted by atomic mass is 10.0. The first-order valence-electron chi connectivity index (χ1n) is 9.88. The van der Waals surface area contributed by atoms with Crippen molar-refractivity contribution >= 4 is 23.9 Å². The SMILES string of the molecule is C/C=C(\NC(=O)c1nc(CNC(=O)OC(C)(C)C)ccc1F)C(=O)N[C@H](C(=O)O)C(C)C. The van der Waals surface area contributed by atoms with Crippen molar-refractivity contribution in [2.45, 2.75) is 59.7 Å². The monoisotopic (exact) mass is 452 g/mol. The van der Waals surface area contributed by atoms with E-state index >= 15 is 0 Å². The summed E-state index contributed by atoms with van der Waals surface area (Å²) in [4.78, 5) is 51.8. The van der Waals surface area contributed by atoms with E-state index in [2.05, 4.69) is 20.9 Å². The van der Waals surface area contributed by atoms with Gasteiger partial charge >= 0.3 is 12.1 Å². The molecule has 1 atom stereocenters. The van der Waals surface area contributed by atoms with Gasteiger partial charge in [0, 0.05) is 0 Å². The van der Waals surface area contributed by atoms with Crippen LogP contribution < -0.4 is 16.0 Å². The molecule has 3 amide bonds. The van der Waals surface area contributed by atoms with Crippen molar-refractivity contribution in [3.63, 3.8) is 0 Å². The number of nitrogens with one attached hydrogen (secondary N) is 3. The lowest BCUT2D eigenvalue weighted by Crippen LogP contribution is -2.47. The predicted molar refractivity (Wildman–Crippen MR) is 113 cm³/mol. The van der Waals surface area contributed by atoms with E-state index in [0.29, 0.717) is 0 Å². The molecule has 176 valence electrons. The van der Waals surface area contributed by atoms with Crippen LogP contribution in [0.15, 0.2) is 23.9 Å². The van der Waals surface area contributed by atoms with Gasteiger partial charge in [0.25, 0.3) is 11.8 Å². The fourth-order valence-corrected chi connectivity index (χ4v) is 2.39. The van der Waals surface area contributed by atoms with Gasteiger partial charge < -0.3 is 25.8 Å². The van der Waals surface area contributed by atoms with Crippen LogP contribution in [0.4, 0.5) is 9.18 Å². The van der Waals surface area contributed by atoms with Crippen LogP contribution >= 0.6 is 0 Å². The predicted octanol–water partition coefficient (Wildman–Crippen LogP) is 2.10. The fourth-order valence-electron chi connectivity index (χ4n) is 2.39. The van der Waals surface area contributed by atoms with E-state index in [1.165, 1.54) is 19.1 Å². The first-order valence-corrected chi connectivity index (χ1v) is 9.88. The van der Waals surface area contributed by atoms with Gasteiger partial charge in [-0.1, -0.05) is 19.9 Å².